The van der Waals surface area contributed by atoms with Crippen LogP contribution < -0.4 is 10.5 Å². The predicted octanol–water partition coefficient (Wildman–Crippen LogP) is 1.59. The zero-order valence-electron chi connectivity index (χ0n) is 12.5. The van der Waals surface area contributed by atoms with Crippen molar-refractivity contribution in [2.24, 2.45) is 5.73 Å². The number of nitrogens with one attached hydrogen (secondary N) is 1. The smallest absolute Gasteiger partial charge is 0.242 e. The van der Waals surface area contributed by atoms with Gasteiger partial charge in [-0.3, -0.25) is 0 Å². The van der Waals surface area contributed by atoms with Gasteiger partial charge in [-0.2, -0.15) is 0 Å². The molecule has 0 fully saturated rings. The molecule has 0 bridgehead atoms. The molecule has 0 aliphatic carbocycles. The highest BCUT2D eigenvalue weighted by Gasteiger charge is 2.25. The first kappa shape index (κ1) is 18.3. The Morgan fingerprint density at radius 2 is 2.00 bits per heavy atom. The minimum absolute atomic E-state index is 0.0241. The van der Waals surface area contributed by atoms with E-state index in [0.29, 0.717) is 5.56 Å². The summed E-state index contributed by atoms with van der Waals surface area (Å²) in [6, 6.07) is 4.45. The van der Waals surface area contributed by atoms with Crippen molar-refractivity contribution in [2.75, 3.05) is 20.6 Å². The minimum Gasteiger partial charge on any atom is -0.389 e. The first-order valence-corrected chi connectivity index (χ1v) is 8.51. The van der Waals surface area contributed by atoms with E-state index in [0.717, 1.165) is 0 Å². The van der Waals surface area contributed by atoms with Crippen LogP contribution >= 0.6 is 23.8 Å². The largest absolute Gasteiger partial charge is 0.389 e. The molecule has 1 aromatic rings. The second kappa shape index (κ2) is 6.58. The van der Waals surface area contributed by atoms with Gasteiger partial charge in [-0.15, -0.1) is 0 Å². The summed E-state index contributed by atoms with van der Waals surface area (Å²) in [5.74, 6) is 0. The SMILES string of the molecule is CN(C)C(C)(C)CNS(=O)(=O)c1cc(C(N)=S)ccc1Cl. The fourth-order valence-corrected chi connectivity index (χ4v) is 3.22. The van der Waals surface area contributed by atoms with Gasteiger partial charge in [0, 0.05) is 17.6 Å². The summed E-state index contributed by atoms with van der Waals surface area (Å²) in [5.41, 5.74) is 5.65. The summed E-state index contributed by atoms with van der Waals surface area (Å²) in [7, 11) is 0.0299. The number of benzene rings is 1. The lowest BCUT2D eigenvalue weighted by molar-refractivity contribution is 0.199. The van der Waals surface area contributed by atoms with E-state index in [1.165, 1.54) is 12.1 Å². The maximum atomic E-state index is 12.4. The first-order chi connectivity index (χ1) is 9.47. The third-order valence-corrected chi connectivity index (χ3v) is 5.53. The highest BCUT2D eigenvalue weighted by molar-refractivity contribution is 7.89. The molecule has 0 aliphatic heterocycles. The van der Waals surface area contributed by atoms with Crippen molar-refractivity contribution >= 4 is 38.8 Å². The van der Waals surface area contributed by atoms with E-state index in [2.05, 4.69) is 4.72 Å². The summed E-state index contributed by atoms with van der Waals surface area (Å²) in [5, 5.41) is 0.130. The van der Waals surface area contributed by atoms with Gasteiger partial charge < -0.3 is 10.6 Å². The van der Waals surface area contributed by atoms with Crippen molar-refractivity contribution in [1.29, 1.82) is 0 Å². The molecule has 1 aromatic carbocycles. The number of thiocarbonyl (C=S) groups is 1. The summed E-state index contributed by atoms with van der Waals surface area (Å²) < 4.78 is 27.4. The average Bonchev–Trinajstić information content (AvgIpc) is 2.36. The molecule has 3 N–H and O–H groups in total. The highest BCUT2D eigenvalue weighted by atomic mass is 35.5. The van der Waals surface area contributed by atoms with E-state index in [1.54, 1.807) is 6.07 Å². The number of sulfonamides is 1. The van der Waals surface area contributed by atoms with Gasteiger partial charge in [0.2, 0.25) is 10.0 Å². The molecule has 1 rings (SSSR count). The summed E-state index contributed by atoms with van der Waals surface area (Å²) in [6.45, 7) is 4.11. The number of nitrogens with zero attached hydrogens (tertiary/aromatic N) is 1. The van der Waals surface area contributed by atoms with E-state index in [4.69, 9.17) is 29.6 Å². The maximum absolute atomic E-state index is 12.4. The quantitative estimate of drug-likeness (QED) is 0.763. The van der Waals surface area contributed by atoms with Crippen molar-refractivity contribution in [3.63, 3.8) is 0 Å². The minimum atomic E-state index is -3.74. The lowest BCUT2D eigenvalue weighted by Gasteiger charge is -2.32. The van der Waals surface area contributed by atoms with Crippen LogP contribution in [-0.2, 0) is 10.0 Å². The van der Waals surface area contributed by atoms with Gasteiger partial charge in [0.05, 0.1) is 5.02 Å². The normalized spacial score (nSPS) is 12.7. The Morgan fingerprint density at radius 3 is 2.48 bits per heavy atom. The molecular formula is C13H20ClN3O2S2. The van der Waals surface area contributed by atoms with Gasteiger partial charge in [-0.05, 0) is 40.1 Å². The van der Waals surface area contributed by atoms with Crippen LogP contribution in [0.1, 0.15) is 19.4 Å². The van der Waals surface area contributed by atoms with Gasteiger partial charge >= 0.3 is 0 Å². The van der Waals surface area contributed by atoms with Crippen molar-refractivity contribution in [3.8, 4) is 0 Å². The first-order valence-electron chi connectivity index (χ1n) is 6.24. The Hall–Kier alpha value is -0.730. The van der Waals surface area contributed by atoms with E-state index in [9.17, 15) is 8.42 Å². The molecule has 0 heterocycles. The lowest BCUT2D eigenvalue weighted by atomic mass is 10.1. The summed E-state index contributed by atoms with van der Waals surface area (Å²) >= 11 is 10.8. The number of hydrogen-bond donors (Lipinski definition) is 2. The molecule has 118 valence electrons. The maximum Gasteiger partial charge on any atom is 0.242 e. The highest BCUT2D eigenvalue weighted by Crippen LogP contribution is 2.23. The van der Waals surface area contributed by atoms with Crippen LogP contribution in [0.15, 0.2) is 23.1 Å². The van der Waals surface area contributed by atoms with Crippen molar-refractivity contribution < 1.29 is 8.42 Å². The molecule has 0 saturated carbocycles. The number of likely N-dealkylation sites (N-methyl/N-ethyl adjacent to an activating group) is 1. The van der Waals surface area contributed by atoms with Gasteiger partial charge in [0.25, 0.3) is 0 Å². The van der Waals surface area contributed by atoms with Crippen molar-refractivity contribution in [3.05, 3.63) is 28.8 Å². The Kier molecular flexibility index (Phi) is 5.74. The Morgan fingerprint density at radius 1 is 1.43 bits per heavy atom. The fourth-order valence-electron chi connectivity index (χ4n) is 1.37. The van der Waals surface area contributed by atoms with Crippen LogP contribution in [0.5, 0.6) is 0 Å². The second-order valence-electron chi connectivity index (χ2n) is 5.54. The van der Waals surface area contributed by atoms with E-state index in [-0.39, 0.29) is 27.0 Å². The van der Waals surface area contributed by atoms with E-state index < -0.39 is 10.0 Å². The molecule has 5 nitrogen and oxygen atoms in total. The van der Waals surface area contributed by atoms with Crippen LogP contribution in [-0.4, -0.2) is 44.5 Å². The predicted molar refractivity (Wildman–Crippen MR) is 90.3 cm³/mol. The van der Waals surface area contributed by atoms with Crippen LogP contribution in [0.25, 0.3) is 0 Å². The number of nitrogens with two attached hydrogens (primary N) is 1. The van der Waals surface area contributed by atoms with Gasteiger partial charge in [0.15, 0.2) is 0 Å². The third-order valence-electron chi connectivity index (χ3n) is 3.41. The van der Waals surface area contributed by atoms with Gasteiger partial charge in [-0.25, -0.2) is 13.1 Å². The summed E-state index contributed by atoms with van der Waals surface area (Å²) in [6.07, 6.45) is 0. The van der Waals surface area contributed by atoms with Gasteiger partial charge in [0.1, 0.15) is 9.88 Å². The monoisotopic (exact) mass is 349 g/mol. The summed E-state index contributed by atoms with van der Waals surface area (Å²) in [4.78, 5) is 2.03. The molecule has 0 unspecified atom stereocenters. The standard InChI is InChI=1S/C13H20ClN3O2S2/c1-13(2,17(3)4)8-16-21(18,19)11-7-9(12(15)20)5-6-10(11)14/h5-7,16H,8H2,1-4H3,(H2,15,20). The topological polar surface area (TPSA) is 75.4 Å². The lowest BCUT2D eigenvalue weighted by Crippen LogP contribution is -2.48. The van der Waals surface area contributed by atoms with E-state index in [1.807, 2.05) is 32.8 Å². The fraction of sp³-hybridized carbons (Fsp3) is 0.462. The molecule has 0 saturated heterocycles. The van der Waals surface area contributed by atoms with Crippen LogP contribution in [0.3, 0.4) is 0 Å². The number of rotatable bonds is 6. The zero-order valence-corrected chi connectivity index (χ0v) is 14.9. The number of halogens is 1. The van der Waals surface area contributed by atoms with E-state index >= 15 is 0 Å². The average molecular weight is 350 g/mol. The third kappa shape index (κ3) is 4.62. The van der Waals surface area contributed by atoms with Crippen molar-refractivity contribution in [2.45, 2.75) is 24.3 Å². The molecule has 0 atom stereocenters. The second-order valence-corrected chi connectivity index (χ2v) is 8.12. The zero-order chi connectivity index (χ0) is 16.4. The van der Waals surface area contributed by atoms with Gasteiger partial charge in [-0.1, -0.05) is 29.9 Å². The van der Waals surface area contributed by atoms with Crippen LogP contribution in [0, 0.1) is 0 Å². The van der Waals surface area contributed by atoms with Crippen molar-refractivity contribution in [1.82, 2.24) is 9.62 Å². The Balaban J connectivity index is 3.09. The van der Waals surface area contributed by atoms with Crippen LogP contribution in [0.2, 0.25) is 5.02 Å². The molecule has 21 heavy (non-hydrogen) atoms. The molecule has 0 aliphatic rings. The molecule has 0 radical (unpaired) electrons. The molecule has 0 amide bonds. The Bertz CT molecular complexity index is 643. The van der Waals surface area contributed by atoms with Crippen LogP contribution in [0.4, 0.5) is 0 Å². The molecule has 0 spiro atoms. The molecule has 0 aromatic heterocycles. The molecular weight excluding hydrogens is 330 g/mol. The number of hydrogen-bond acceptors (Lipinski definition) is 4. The molecule has 8 heteroatoms. The Labute approximate surface area is 136 Å².